The van der Waals surface area contributed by atoms with E-state index in [1.54, 1.807) is 6.26 Å². The molecule has 74 valence electrons. The van der Waals surface area contributed by atoms with Gasteiger partial charge in [-0.3, -0.25) is 0 Å². The molecule has 0 bridgehead atoms. The van der Waals surface area contributed by atoms with Crippen molar-refractivity contribution in [3.05, 3.63) is 36.1 Å². The summed E-state index contributed by atoms with van der Waals surface area (Å²) in [5.74, 6) is 0.193. The van der Waals surface area contributed by atoms with Crippen molar-refractivity contribution in [2.45, 2.75) is 19.3 Å². The molecular formula is C12H14O2. The minimum Gasteiger partial charge on any atom is -0.464 e. The zero-order valence-electron chi connectivity index (χ0n) is 8.23. The van der Waals surface area contributed by atoms with E-state index in [9.17, 15) is 5.11 Å². The monoisotopic (exact) mass is 190 g/mol. The Morgan fingerprint density at radius 1 is 1.36 bits per heavy atom. The van der Waals surface area contributed by atoms with Crippen molar-refractivity contribution in [1.82, 2.24) is 0 Å². The van der Waals surface area contributed by atoms with Gasteiger partial charge in [0.1, 0.15) is 5.58 Å². The molecule has 2 heteroatoms. The van der Waals surface area contributed by atoms with Gasteiger partial charge in [0.05, 0.1) is 12.9 Å². The lowest BCUT2D eigenvalue weighted by molar-refractivity contribution is 0.262. The smallest absolute Gasteiger partial charge is 0.134 e. The first-order chi connectivity index (χ1) is 6.86. The van der Waals surface area contributed by atoms with Crippen molar-refractivity contribution < 1.29 is 9.52 Å². The van der Waals surface area contributed by atoms with Gasteiger partial charge in [-0.05, 0) is 12.5 Å². The van der Waals surface area contributed by atoms with Gasteiger partial charge >= 0.3 is 0 Å². The third-order valence-corrected chi connectivity index (χ3v) is 2.66. The second-order valence-corrected chi connectivity index (χ2v) is 3.47. The summed E-state index contributed by atoms with van der Waals surface area (Å²) in [7, 11) is 0. The second-order valence-electron chi connectivity index (χ2n) is 3.47. The molecule has 2 aromatic rings. The molecule has 0 radical (unpaired) electrons. The maximum absolute atomic E-state index is 9.22. The van der Waals surface area contributed by atoms with Gasteiger partial charge in [0.15, 0.2) is 0 Å². The van der Waals surface area contributed by atoms with Crippen LogP contribution in [0.3, 0.4) is 0 Å². The van der Waals surface area contributed by atoms with E-state index in [-0.39, 0.29) is 12.5 Å². The Morgan fingerprint density at radius 3 is 2.86 bits per heavy atom. The van der Waals surface area contributed by atoms with Crippen LogP contribution in [0, 0.1) is 0 Å². The predicted molar refractivity (Wildman–Crippen MR) is 56.3 cm³/mol. The zero-order chi connectivity index (χ0) is 9.97. The number of hydrogen-bond donors (Lipinski definition) is 1. The van der Waals surface area contributed by atoms with E-state index in [0.717, 1.165) is 23.0 Å². The van der Waals surface area contributed by atoms with Gasteiger partial charge in [-0.15, -0.1) is 0 Å². The Labute approximate surface area is 83.2 Å². The number of benzene rings is 1. The first kappa shape index (κ1) is 9.28. The standard InChI is InChI=1S/C12H14O2/c1-2-9(7-13)11-8-14-12-6-4-3-5-10(11)12/h3-6,8-9,13H,2,7H2,1H3. The van der Waals surface area contributed by atoms with Crippen molar-refractivity contribution >= 4 is 11.0 Å². The average molecular weight is 190 g/mol. The lowest BCUT2D eigenvalue weighted by Gasteiger charge is -2.08. The van der Waals surface area contributed by atoms with Crippen LogP contribution in [0.25, 0.3) is 11.0 Å². The number of aliphatic hydroxyl groups excluding tert-OH is 1. The predicted octanol–water partition coefficient (Wildman–Crippen LogP) is 2.92. The minimum absolute atomic E-state index is 0.181. The Bertz CT molecular complexity index is 413. The minimum atomic E-state index is 0.181. The molecule has 1 heterocycles. The highest BCUT2D eigenvalue weighted by Crippen LogP contribution is 2.28. The molecule has 1 atom stereocenters. The molecule has 0 saturated carbocycles. The topological polar surface area (TPSA) is 33.4 Å². The van der Waals surface area contributed by atoms with Gasteiger partial charge < -0.3 is 9.52 Å². The fraction of sp³-hybridized carbons (Fsp3) is 0.333. The summed E-state index contributed by atoms with van der Waals surface area (Å²) in [5, 5.41) is 10.3. The van der Waals surface area contributed by atoms with Crippen molar-refractivity contribution in [1.29, 1.82) is 0 Å². The molecule has 0 aliphatic carbocycles. The molecule has 1 unspecified atom stereocenters. The highest BCUT2D eigenvalue weighted by Gasteiger charge is 2.13. The van der Waals surface area contributed by atoms with E-state index in [2.05, 4.69) is 6.92 Å². The van der Waals surface area contributed by atoms with E-state index in [0.29, 0.717) is 0 Å². The Morgan fingerprint density at radius 2 is 2.14 bits per heavy atom. The molecule has 0 amide bonds. The number of para-hydroxylation sites is 1. The molecular weight excluding hydrogens is 176 g/mol. The molecule has 1 aromatic carbocycles. The number of aliphatic hydroxyl groups is 1. The van der Waals surface area contributed by atoms with Crippen molar-refractivity contribution in [2.75, 3.05) is 6.61 Å². The van der Waals surface area contributed by atoms with Gasteiger partial charge in [0.25, 0.3) is 0 Å². The van der Waals surface area contributed by atoms with E-state index < -0.39 is 0 Å². The fourth-order valence-electron chi connectivity index (χ4n) is 1.76. The highest BCUT2D eigenvalue weighted by atomic mass is 16.3. The van der Waals surface area contributed by atoms with Crippen LogP contribution in [0.4, 0.5) is 0 Å². The Hall–Kier alpha value is -1.28. The van der Waals surface area contributed by atoms with Crippen LogP contribution < -0.4 is 0 Å². The summed E-state index contributed by atoms with van der Waals surface area (Å²) >= 11 is 0. The molecule has 0 aliphatic heterocycles. The summed E-state index contributed by atoms with van der Waals surface area (Å²) in [6.45, 7) is 2.25. The van der Waals surface area contributed by atoms with Gasteiger partial charge in [-0.2, -0.15) is 0 Å². The summed E-state index contributed by atoms with van der Waals surface area (Å²) in [4.78, 5) is 0. The normalized spacial score (nSPS) is 13.3. The lowest BCUT2D eigenvalue weighted by atomic mass is 9.97. The number of fused-ring (bicyclic) bond motifs is 1. The SMILES string of the molecule is CCC(CO)c1coc2ccccc12. The van der Waals surface area contributed by atoms with Crippen LogP contribution >= 0.6 is 0 Å². The zero-order valence-corrected chi connectivity index (χ0v) is 8.23. The number of furan rings is 1. The van der Waals surface area contributed by atoms with Crippen LogP contribution in [0.5, 0.6) is 0 Å². The third-order valence-electron chi connectivity index (χ3n) is 2.66. The summed E-state index contributed by atoms with van der Waals surface area (Å²) in [6.07, 6.45) is 2.69. The van der Waals surface area contributed by atoms with Crippen LogP contribution in [-0.4, -0.2) is 11.7 Å². The molecule has 2 nitrogen and oxygen atoms in total. The molecule has 0 fully saturated rings. The van der Waals surface area contributed by atoms with Gasteiger partial charge in [0.2, 0.25) is 0 Å². The van der Waals surface area contributed by atoms with Gasteiger partial charge in [0, 0.05) is 16.9 Å². The van der Waals surface area contributed by atoms with Crippen molar-refractivity contribution in [3.63, 3.8) is 0 Å². The first-order valence-corrected chi connectivity index (χ1v) is 4.93. The lowest BCUT2D eigenvalue weighted by Crippen LogP contribution is -2.01. The fourth-order valence-corrected chi connectivity index (χ4v) is 1.76. The molecule has 0 aliphatic rings. The molecule has 14 heavy (non-hydrogen) atoms. The maximum atomic E-state index is 9.22. The molecule has 0 spiro atoms. The molecule has 1 aromatic heterocycles. The third kappa shape index (κ3) is 1.42. The van der Waals surface area contributed by atoms with Crippen LogP contribution in [-0.2, 0) is 0 Å². The van der Waals surface area contributed by atoms with Crippen molar-refractivity contribution in [2.24, 2.45) is 0 Å². The maximum Gasteiger partial charge on any atom is 0.134 e. The highest BCUT2D eigenvalue weighted by molar-refractivity contribution is 5.81. The van der Waals surface area contributed by atoms with Crippen LogP contribution in [0.2, 0.25) is 0 Å². The quantitative estimate of drug-likeness (QED) is 0.807. The summed E-state index contributed by atoms with van der Waals surface area (Å²) in [5.41, 5.74) is 2.01. The Balaban J connectivity index is 2.51. The summed E-state index contributed by atoms with van der Waals surface area (Å²) in [6, 6.07) is 7.93. The molecule has 1 N–H and O–H groups in total. The largest absolute Gasteiger partial charge is 0.464 e. The summed E-state index contributed by atoms with van der Waals surface area (Å²) < 4.78 is 5.42. The Kier molecular flexibility index (Phi) is 2.55. The van der Waals surface area contributed by atoms with E-state index >= 15 is 0 Å². The van der Waals surface area contributed by atoms with Crippen molar-refractivity contribution in [3.8, 4) is 0 Å². The number of rotatable bonds is 3. The second kappa shape index (κ2) is 3.84. The molecule has 0 saturated heterocycles. The number of hydrogen-bond acceptors (Lipinski definition) is 2. The average Bonchev–Trinajstić information content (AvgIpc) is 2.65. The van der Waals surface area contributed by atoms with E-state index in [1.807, 2.05) is 24.3 Å². The van der Waals surface area contributed by atoms with E-state index in [4.69, 9.17) is 4.42 Å². The van der Waals surface area contributed by atoms with Gasteiger partial charge in [-0.25, -0.2) is 0 Å². The van der Waals surface area contributed by atoms with Crippen LogP contribution in [0.1, 0.15) is 24.8 Å². The van der Waals surface area contributed by atoms with Gasteiger partial charge in [-0.1, -0.05) is 25.1 Å². The van der Waals surface area contributed by atoms with Crippen LogP contribution in [0.15, 0.2) is 34.9 Å². The van der Waals surface area contributed by atoms with E-state index in [1.165, 1.54) is 0 Å². The first-order valence-electron chi connectivity index (χ1n) is 4.93. The molecule has 2 rings (SSSR count).